The van der Waals surface area contributed by atoms with Crippen LogP contribution >= 0.6 is 0 Å². The van der Waals surface area contributed by atoms with Crippen molar-refractivity contribution in [2.45, 2.75) is 26.7 Å². The highest BCUT2D eigenvalue weighted by Crippen LogP contribution is 2.22. The van der Waals surface area contributed by atoms with E-state index in [0.717, 1.165) is 17.1 Å². The van der Waals surface area contributed by atoms with Crippen molar-refractivity contribution in [3.63, 3.8) is 0 Å². The maximum atomic E-state index is 5.82. The number of hydrogen-bond donors (Lipinski definition) is 1. The number of rotatable bonds is 2. The molecule has 0 amide bonds. The molecule has 0 fully saturated rings. The molecule has 2 aromatic rings. The number of benzene rings is 1. The van der Waals surface area contributed by atoms with Crippen LogP contribution in [0.15, 0.2) is 30.3 Å². The Morgan fingerprint density at radius 2 is 1.88 bits per heavy atom. The van der Waals surface area contributed by atoms with Gasteiger partial charge >= 0.3 is 0 Å². The highest BCUT2D eigenvalue weighted by Gasteiger charge is 2.08. The van der Waals surface area contributed by atoms with Crippen LogP contribution in [0.4, 0.5) is 5.82 Å². The van der Waals surface area contributed by atoms with E-state index in [0.29, 0.717) is 5.82 Å². The van der Waals surface area contributed by atoms with Crippen molar-refractivity contribution in [2.24, 2.45) is 0 Å². The summed E-state index contributed by atoms with van der Waals surface area (Å²) in [5.41, 5.74) is 9.01. The third-order valence-electron chi connectivity index (χ3n) is 2.59. The molecule has 0 spiro atoms. The summed E-state index contributed by atoms with van der Waals surface area (Å²) in [5, 5.41) is 0. The van der Waals surface area contributed by atoms with E-state index in [1.807, 2.05) is 18.2 Å². The van der Waals surface area contributed by atoms with Gasteiger partial charge in [-0.15, -0.1) is 0 Å². The van der Waals surface area contributed by atoms with Crippen molar-refractivity contribution >= 4 is 5.82 Å². The van der Waals surface area contributed by atoms with Crippen LogP contribution in [-0.2, 0) is 0 Å². The Morgan fingerprint density at radius 1 is 1.12 bits per heavy atom. The van der Waals surface area contributed by atoms with Crippen LogP contribution in [0.1, 0.15) is 31.2 Å². The van der Waals surface area contributed by atoms with Gasteiger partial charge in [0.2, 0.25) is 0 Å². The normalized spacial score (nSPS) is 10.8. The molecule has 2 N–H and O–H groups in total. The van der Waals surface area contributed by atoms with Crippen LogP contribution < -0.4 is 5.73 Å². The Hall–Kier alpha value is -1.90. The van der Waals surface area contributed by atoms with Crippen molar-refractivity contribution in [3.8, 4) is 11.3 Å². The topological polar surface area (TPSA) is 51.8 Å². The summed E-state index contributed by atoms with van der Waals surface area (Å²) in [6.45, 7) is 6.20. The molecule has 17 heavy (non-hydrogen) atoms. The number of hydrogen-bond acceptors (Lipinski definition) is 3. The molecule has 0 aliphatic carbocycles. The van der Waals surface area contributed by atoms with Crippen molar-refractivity contribution in [1.29, 1.82) is 0 Å². The minimum atomic E-state index is 0.280. The molecule has 0 aliphatic heterocycles. The lowest BCUT2D eigenvalue weighted by atomic mass is 10.1. The minimum Gasteiger partial charge on any atom is -0.384 e. The smallest absolute Gasteiger partial charge is 0.133 e. The molecule has 0 aliphatic rings. The summed E-state index contributed by atoms with van der Waals surface area (Å²) in [4.78, 5) is 8.80. The van der Waals surface area contributed by atoms with Gasteiger partial charge in [-0.05, 0) is 13.0 Å². The Kier molecular flexibility index (Phi) is 3.09. The van der Waals surface area contributed by atoms with E-state index in [9.17, 15) is 0 Å². The lowest BCUT2D eigenvalue weighted by Gasteiger charge is -2.08. The second kappa shape index (κ2) is 4.53. The lowest BCUT2D eigenvalue weighted by Crippen LogP contribution is -2.02. The van der Waals surface area contributed by atoms with Crippen LogP contribution in [0.5, 0.6) is 0 Å². The monoisotopic (exact) mass is 227 g/mol. The van der Waals surface area contributed by atoms with E-state index in [1.165, 1.54) is 5.56 Å². The first kappa shape index (κ1) is 11.6. The molecular formula is C14H17N3. The fraction of sp³-hybridized carbons (Fsp3) is 0.286. The van der Waals surface area contributed by atoms with Gasteiger partial charge in [0, 0.05) is 17.5 Å². The van der Waals surface area contributed by atoms with E-state index >= 15 is 0 Å². The number of nitrogens with zero attached hydrogens (tertiary/aromatic N) is 2. The highest BCUT2D eigenvalue weighted by atomic mass is 14.9. The summed E-state index contributed by atoms with van der Waals surface area (Å²) in [6, 6.07) is 10.1. The molecule has 0 bridgehead atoms. The molecular weight excluding hydrogens is 210 g/mol. The lowest BCUT2D eigenvalue weighted by molar-refractivity contribution is 0.778. The van der Waals surface area contributed by atoms with Crippen molar-refractivity contribution < 1.29 is 0 Å². The number of aromatic nitrogens is 2. The average Bonchev–Trinajstić information content (AvgIpc) is 2.28. The van der Waals surface area contributed by atoms with Gasteiger partial charge in [-0.2, -0.15) is 0 Å². The Bertz CT molecular complexity index is 533. The predicted octanol–water partition coefficient (Wildman–Crippen LogP) is 3.16. The molecule has 2 rings (SSSR count). The van der Waals surface area contributed by atoms with Crippen LogP contribution in [0.25, 0.3) is 11.3 Å². The predicted molar refractivity (Wildman–Crippen MR) is 70.7 cm³/mol. The molecule has 0 saturated heterocycles. The van der Waals surface area contributed by atoms with Gasteiger partial charge in [-0.1, -0.05) is 37.6 Å². The zero-order valence-electron chi connectivity index (χ0n) is 10.4. The molecule has 0 radical (unpaired) electrons. The number of nitrogens with two attached hydrogens (primary N) is 1. The van der Waals surface area contributed by atoms with E-state index in [4.69, 9.17) is 5.73 Å². The first-order chi connectivity index (χ1) is 8.06. The largest absolute Gasteiger partial charge is 0.384 e. The standard InChI is InChI=1S/C14H17N3/c1-9(2)14-16-12(8-13(15)17-14)11-6-4-5-10(3)7-11/h4-9H,1-3H3,(H2,15,16,17). The third kappa shape index (κ3) is 2.61. The van der Waals surface area contributed by atoms with Gasteiger partial charge in [-0.3, -0.25) is 0 Å². The molecule has 1 aromatic carbocycles. The third-order valence-corrected chi connectivity index (χ3v) is 2.59. The summed E-state index contributed by atoms with van der Waals surface area (Å²) in [7, 11) is 0. The Labute approximate surface area is 102 Å². The number of anilines is 1. The zero-order chi connectivity index (χ0) is 12.4. The maximum Gasteiger partial charge on any atom is 0.133 e. The molecule has 1 heterocycles. The van der Waals surface area contributed by atoms with Gasteiger partial charge in [0.1, 0.15) is 11.6 Å². The van der Waals surface area contributed by atoms with Crippen LogP contribution in [0, 0.1) is 6.92 Å². The Morgan fingerprint density at radius 3 is 2.53 bits per heavy atom. The molecule has 0 unspecified atom stereocenters. The average molecular weight is 227 g/mol. The fourth-order valence-corrected chi connectivity index (χ4v) is 1.70. The second-order valence-electron chi connectivity index (χ2n) is 4.56. The van der Waals surface area contributed by atoms with E-state index in [1.54, 1.807) is 0 Å². The van der Waals surface area contributed by atoms with Gasteiger partial charge in [0.05, 0.1) is 5.69 Å². The van der Waals surface area contributed by atoms with Crippen LogP contribution in [0.2, 0.25) is 0 Å². The molecule has 0 atom stereocenters. The first-order valence-electron chi connectivity index (χ1n) is 5.78. The van der Waals surface area contributed by atoms with Crippen LogP contribution in [-0.4, -0.2) is 9.97 Å². The van der Waals surface area contributed by atoms with Gasteiger partial charge in [0.25, 0.3) is 0 Å². The molecule has 3 nitrogen and oxygen atoms in total. The molecule has 0 saturated carbocycles. The summed E-state index contributed by atoms with van der Waals surface area (Å²) < 4.78 is 0. The van der Waals surface area contributed by atoms with Crippen molar-refractivity contribution in [2.75, 3.05) is 5.73 Å². The van der Waals surface area contributed by atoms with Gasteiger partial charge < -0.3 is 5.73 Å². The molecule has 1 aromatic heterocycles. The molecule has 3 heteroatoms. The quantitative estimate of drug-likeness (QED) is 0.857. The van der Waals surface area contributed by atoms with Crippen molar-refractivity contribution in [3.05, 3.63) is 41.7 Å². The van der Waals surface area contributed by atoms with Gasteiger partial charge in [-0.25, -0.2) is 9.97 Å². The van der Waals surface area contributed by atoms with E-state index < -0.39 is 0 Å². The van der Waals surface area contributed by atoms with Gasteiger partial charge in [0.15, 0.2) is 0 Å². The van der Waals surface area contributed by atoms with E-state index in [2.05, 4.69) is 42.9 Å². The fourth-order valence-electron chi connectivity index (χ4n) is 1.70. The first-order valence-corrected chi connectivity index (χ1v) is 5.78. The minimum absolute atomic E-state index is 0.280. The number of nitrogen functional groups attached to an aromatic ring is 1. The second-order valence-corrected chi connectivity index (χ2v) is 4.56. The highest BCUT2D eigenvalue weighted by molar-refractivity contribution is 5.62. The summed E-state index contributed by atoms with van der Waals surface area (Å²) in [5.74, 6) is 1.60. The Balaban J connectivity index is 2.52. The van der Waals surface area contributed by atoms with E-state index in [-0.39, 0.29) is 5.92 Å². The van der Waals surface area contributed by atoms with Crippen LogP contribution in [0.3, 0.4) is 0 Å². The zero-order valence-corrected chi connectivity index (χ0v) is 10.4. The maximum absolute atomic E-state index is 5.82. The summed E-state index contributed by atoms with van der Waals surface area (Å²) in [6.07, 6.45) is 0. The SMILES string of the molecule is Cc1cccc(-c2cc(N)nc(C(C)C)n2)c1. The van der Waals surface area contributed by atoms with Crippen molar-refractivity contribution in [1.82, 2.24) is 9.97 Å². The number of aryl methyl sites for hydroxylation is 1. The molecule has 88 valence electrons. The summed E-state index contributed by atoms with van der Waals surface area (Å²) >= 11 is 0.